The van der Waals surface area contributed by atoms with Crippen molar-refractivity contribution >= 4 is 12.0 Å². The van der Waals surface area contributed by atoms with Crippen LogP contribution in [0, 0.1) is 5.92 Å². The van der Waals surface area contributed by atoms with Crippen molar-refractivity contribution in [3.63, 3.8) is 0 Å². The van der Waals surface area contributed by atoms with Gasteiger partial charge in [0.15, 0.2) is 0 Å². The monoisotopic (exact) mass is 404 g/mol. The lowest BCUT2D eigenvalue weighted by Crippen LogP contribution is -2.56. The molecule has 2 amide bonds. The smallest absolute Gasteiger partial charge is 0.410 e. The Balaban J connectivity index is 2.43. The molecule has 1 aliphatic rings. The molecule has 0 saturated carbocycles. The minimum atomic E-state index is -0.578. The number of likely N-dealkylation sites (tertiary alicyclic amines) is 1. The van der Waals surface area contributed by atoms with Crippen molar-refractivity contribution in [2.45, 2.75) is 70.9 Å². The van der Waals surface area contributed by atoms with E-state index in [1.807, 2.05) is 39.0 Å². The van der Waals surface area contributed by atoms with Gasteiger partial charge in [0.05, 0.1) is 13.0 Å². The summed E-state index contributed by atoms with van der Waals surface area (Å²) in [7, 11) is 3.12. The van der Waals surface area contributed by atoms with Gasteiger partial charge < -0.3 is 9.64 Å². The van der Waals surface area contributed by atoms with E-state index in [0.29, 0.717) is 13.0 Å². The Bertz CT molecular complexity index is 671. The number of ether oxygens (including phenoxy) is 1. The van der Waals surface area contributed by atoms with E-state index in [4.69, 9.17) is 9.57 Å². The van der Waals surface area contributed by atoms with E-state index < -0.39 is 5.60 Å². The Hall–Kier alpha value is -2.08. The SMILES string of the molecule is CCCCC1C(C(=O)N(C)OC)C(c2ccccc2)CCN1C(=O)OC(C)(C)C. The summed E-state index contributed by atoms with van der Waals surface area (Å²) in [6.45, 7) is 8.29. The van der Waals surface area contributed by atoms with E-state index >= 15 is 0 Å². The molecule has 6 nitrogen and oxygen atoms in total. The molecule has 29 heavy (non-hydrogen) atoms. The van der Waals surface area contributed by atoms with Crippen LogP contribution in [0.2, 0.25) is 0 Å². The van der Waals surface area contributed by atoms with Crippen molar-refractivity contribution in [2.24, 2.45) is 5.92 Å². The van der Waals surface area contributed by atoms with Crippen LogP contribution in [0.15, 0.2) is 30.3 Å². The van der Waals surface area contributed by atoms with Crippen molar-refractivity contribution in [3.05, 3.63) is 35.9 Å². The topological polar surface area (TPSA) is 59.1 Å². The van der Waals surface area contributed by atoms with Gasteiger partial charge in [0.1, 0.15) is 5.60 Å². The van der Waals surface area contributed by atoms with Gasteiger partial charge >= 0.3 is 6.09 Å². The average Bonchev–Trinajstić information content (AvgIpc) is 2.69. The van der Waals surface area contributed by atoms with Crippen LogP contribution in [0.25, 0.3) is 0 Å². The van der Waals surface area contributed by atoms with Crippen molar-refractivity contribution < 1.29 is 19.2 Å². The maximum absolute atomic E-state index is 13.4. The summed E-state index contributed by atoms with van der Waals surface area (Å²) < 4.78 is 5.67. The number of hydrogen-bond acceptors (Lipinski definition) is 4. The summed E-state index contributed by atoms with van der Waals surface area (Å²) in [5, 5.41) is 1.29. The first-order valence-corrected chi connectivity index (χ1v) is 10.6. The van der Waals surface area contributed by atoms with Gasteiger partial charge in [-0.15, -0.1) is 0 Å². The molecule has 0 aromatic heterocycles. The fourth-order valence-corrected chi connectivity index (χ4v) is 4.09. The lowest BCUT2D eigenvalue weighted by molar-refractivity contribution is -0.178. The molecule has 1 aromatic carbocycles. The first-order chi connectivity index (χ1) is 13.7. The quantitative estimate of drug-likeness (QED) is 0.650. The van der Waals surface area contributed by atoms with E-state index in [1.54, 1.807) is 11.9 Å². The van der Waals surface area contributed by atoms with E-state index in [2.05, 4.69) is 19.1 Å². The number of unbranched alkanes of at least 4 members (excludes halogenated alkanes) is 1. The van der Waals surface area contributed by atoms with Gasteiger partial charge in [0.25, 0.3) is 5.91 Å². The largest absolute Gasteiger partial charge is 0.444 e. The number of rotatable bonds is 6. The second-order valence-electron chi connectivity index (χ2n) is 8.73. The zero-order chi connectivity index (χ0) is 21.6. The third-order valence-corrected chi connectivity index (χ3v) is 5.51. The number of hydrogen-bond donors (Lipinski definition) is 0. The zero-order valence-corrected chi connectivity index (χ0v) is 18.7. The third-order valence-electron chi connectivity index (χ3n) is 5.51. The van der Waals surface area contributed by atoms with Gasteiger partial charge in [0, 0.05) is 19.6 Å². The van der Waals surface area contributed by atoms with Crippen LogP contribution in [0.5, 0.6) is 0 Å². The van der Waals surface area contributed by atoms with Gasteiger partial charge in [0.2, 0.25) is 0 Å². The fourth-order valence-electron chi connectivity index (χ4n) is 4.09. The molecule has 2 rings (SSSR count). The zero-order valence-electron chi connectivity index (χ0n) is 18.7. The van der Waals surface area contributed by atoms with Crippen LogP contribution in [0.1, 0.15) is 64.9 Å². The molecular formula is C23H36N2O4. The number of piperidine rings is 1. The van der Waals surface area contributed by atoms with Gasteiger partial charge in [-0.05, 0) is 45.1 Å². The van der Waals surface area contributed by atoms with Crippen LogP contribution in [-0.2, 0) is 14.4 Å². The maximum Gasteiger partial charge on any atom is 0.410 e. The molecule has 0 N–H and O–H groups in total. The Labute approximate surface area is 175 Å². The number of carbonyl (C=O) groups is 2. The molecule has 6 heteroatoms. The first kappa shape index (κ1) is 23.2. The lowest BCUT2D eigenvalue weighted by atomic mass is 9.74. The summed E-state index contributed by atoms with van der Waals surface area (Å²) in [6, 6.07) is 9.88. The normalized spacial score (nSPS) is 22.3. The highest BCUT2D eigenvalue weighted by atomic mass is 16.7. The molecular weight excluding hydrogens is 368 g/mol. The minimum Gasteiger partial charge on any atom is -0.444 e. The second-order valence-corrected chi connectivity index (χ2v) is 8.73. The van der Waals surface area contributed by atoms with Crippen LogP contribution in [0.4, 0.5) is 4.79 Å². The molecule has 1 saturated heterocycles. The lowest BCUT2D eigenvalue weighted by Gasteiger charge is -2.45. The van der Waals surface area contributed by atoms with Crippen molar-refractivity contribution in [1.82, 2.24) is 9.96 Å². The molecule has 3 unspecified atom stereocenters. The summed E-state index contributed by atoms with van der Waals surface area (Å²) in [4.78, 5) is 33.3. The summed E-state index contributed by atoms with van der Waals surface area (Å²) in [5.41, 5.74) is 0.548. The molecule has 1 heterocycles. The maximum atomic E-state index is 13.4. The standard InChI is InChI=1S/C23H36N2O4/c1-7-8-14-19-20(21(26)24(5)28-6)18(17-12-10-9-11-13-17)15-16-25(19)22(27)29-23(2,3)4/h9-13,18-20H,7-8,14-16H2,1-6H3. The Kier molecular flexibility index (Phi) is 8.08. The highest BCUT2D eigenvalue weighted by Crippen LogP contribution is 2.40. The average molecular weight is 405 g/mol. The molecule has 1 fully saturated rings. The van der Waals surface area contributed by atoms with Crippen LogP contribution >= 0.6 is 0 Å². The van der Waals surface area contributed by atoms with Crippen LogP contribution < -0.4 is 0 Å². The van der Waals surface area contributed by atoms with E-state index in [1.165, 1.54) is 12.2 Å². The molecule has 0 radical (unpaired) electrons. The van der Waals surface area contributed by atoms with E-state index in [0.717, 1.165) is 24.8 Å². The van der Waals surface area contributed by atoms with Crippen molar-refractivity contribution in [1.29, 1.82) is 0 Å². The molecule has 0 aliphatic carbocycles. The highest BCUT2D eigenvalue weighted by Gasteiger charge is 2.46. The Morgan fingerprint density at radius 2 is 1.86 bits per heavy atom. The predicted molar refractivity (Wildman–Crippen MR) is 113 cm³/mol. The number of nitrogens with zero attached hydrogens (tertiary/aromatic N) is 2. The molecule has 1 aliphatic heterocycles. The number of carbonyl (C=O) groups excluding carboxylic acids is 2. The molecule has 0 spiro atoms. The van der Waals surface area contributed by atoms with E-state index in [9.17, 15) is 9.59 Å². The van der Waals surface area contributed by atoms with Gasteiger partial charge in [-0.2, -0.15) is 0 Å². The third kappa shape index (κ3) is 5.95. The number of hydroxylamine groups is 2. The molecule has 0 bridgehead atoms. The van der Waals surface area contributed by atoms with Crippen LogP contribution in [-0.4, -0.2) is 54.3 Å². The van der Waals surface area contributed by atoms with Crippen molar-refractivity contribution in [3.8, 4) is 0 Å². The number of benzene rings is 1. The summed E-state index contributed by atoms with van der Waals surface area (Å²) >= 11 is 0. The highest BCUT2D eigenvalue weighted by molar-refractivity contribution is 5.81. The fraction of sp³-hybridized carbons (Fsp3) is 0.652. The molecule has 3 atom stereocenters. The van der Waals surface area contributed by atoms with Gasteiger partial charge in [-0.1, -0.05) is 50.1 Å². The Morgan fingerprint density at radius 1 is 1.21 bits per heavy atom. The second kappa shape index (κ2) is 10.1. The molecule has 1 aromatic rings. The van der Waals surface area contributed by atoms with Gasteiger partial charge in [-0.25, -0.2) is 9.86 Å². The molecule has 162 valence electrons. The van der Waals surface area contributed by atoms with Gasteiger partial charge in [-0.3, -0.25) is 9.63 Å². The number of amides is 2. The summed E-state index contributed by atoms with van der Waals surface area (Å²) in [6.07, 6.45) is 3.05. The Morgan fingerprint density at radius 3 is 2.41 bits per heavy atom. The van der Waals surface area contributed by atoms with E-state index in [-0.39, 0.29) is 29.9 Å². The van der Waals surface area contributed by atoms with Crippen LogP contribution in [0.3, 0.4) is 0 Å². The minimum absolute atomic E-state index is 0.0295. The first-order valence-electron chi connectivity index (χ1n) is 10.6. The van der Waals surface area contributed by atoms with Crippen molar-refractivity contribution in [2.75, 3.05) is 20.7 Å². The predicted octanol–water partition coefficient (Wildman–Crippen LogP) is 4.61. The summed E-state index contributed by atoms with van der Waals surface area (Å²) in [5.74, 6) is -0.451.